The van der Waals surface area contributed by atoms with Crippen molar-refractivity contribution in [3.05, 3.63) is 0 Å². The molecule has 0 aliphatic rings. The molecule has 0 aromatic rings. The third-order valence-corrected chi connectivity index (χ3v) is 5.30. The Labute approximate surface area is 68.6 Å². The molecule has 11 heavy (non-hydrogen) atoms. The Hall–Kier alpha value is 0.310. The van der Waals surface area contributed by atoms with Crippen molar-refractivity contribution in [2.45, 2.75) is 26.7 Å². The molecular weight excluding hydrogens is 163 g/mol. The Morgan fingerprint density at radius 2 is 1.45 bits per heavy atom. The fourth-order valence-corrected chi connectivity index (χ4v) is 3.58. The second-order valence-electron chi connectivity index (χ2n) is 2.93. The average molecular weight is 182 g/mol. The zero-order valence-electron chi connectivity index (χ0n) is 7.58. The van der Waals surface area contributed by atoms with Gasteiger partial charge in [0.05, 0.1) is 0 Å². The van der Waals surface area contributed by atoms with E-state index in [-0.39, 0.29) is 0 Å². The van der Waals surface area contributed by atoms with Crippen molar-refractivity contribution < 1.29 is 14.3 Å². The van der Waals surface area contributed by atoms with Crippen LogP contribution in [0.2, 0.25) is 0 Å². The molecular formula is C7H19O3P. The van der Waals surface area contributed by atoms with E-state index in [1.807, 2.05) is 13.8 Å². The summed E-state index contributed by atoms with van der Waals surface area (Å²) in [5, 5.41) is 0. The van der Waals surface area contributed by atoms with E-state index < -0.39 is 7.28 Å². The summed E-state index contributed by atoms with van der Waals surface area (Å²) in [6.45, 7) is 3.84. The Balaban J connectivity index is 4.23. The van der Waals surface area contributed by atoms with Gasteiger partial charge in [-0.05, 0) is 0 Å². The van der Waals surface area contributed by atoms with Gasteiger partial charge in [0, 0.05) is 0 Å². The van der Waals surface area contributed by atoms with Crippen LogP contribution >= 0.6 is 7.28 Å². The van der Waals surface area contributed by atoms with E-state index >= 15 is 0 Å². The van der Waals surface area contributed by atoms with Gasteiger partial charge >= 0.3 is 67.7 Å². The molecule has 0 aromatic carbocycles. The van der Waals surface area contributed by atoms with E-state index in [0.717, 1.165) is 12.8 Å². The summed E-state index contributed by atoms with van der Waals surface area (Å²) in [6, 6.07) is 0. The maximum atomic E-state index is 9.75. The summed E-state index contributed by atoms with van der Waals surface area (Å²) < 4.78 is 4.85. The molecule has 0 saturated carbocycles. The van der Waals surface area contributed by atoms with Crippen LogP contribution in [0.4, 0.5) is 0 Å². The van der Waals surface area contributed by atoms with Gasteiger partial charge in [-0.2, -0.15) is 0 Å². The average Bonchev–Trinajstić information content (AvgIpc) is 1.89. The van der Waals surface area contributed by atoms with Crippen LogP contribution < -0.4 is 0 Å². The van der Waals surface area contributed by atoms with E-state index in [4.69, 9.17) is 4.52 Å². The molecule has 2 N–H and O–H groups in total. The van der Waals surface area contributed by atoms with Gasteiger partial charge in [-0.1, -0.05) is 0 Å². The van der Waals surface area contributed by atoms with Gasteiger partial charge in [0.15, 0.2) is 0 Å². The van der Waals surface area contributed by atoms with Gasteiger partial charge in [-0.15, -0.1) is 0 Å². The quantitative estimate of drug-likeness (QED) is 0.636. The van der Waals surface area contributed by atoms with E-state index in [2.05, 4.69) is 0 Å². The van der Waals surface area contributed by atoms with Gasteiger partial charge in [0.2, 0.25) is 0 Å². The number of rotatable bonds is 5. The van der Waals surface area contributed by atoms with E-state index in [1.165, 1.54) is 7.11 Å². The molecule has 0 fully saturated rings. The molecule has 0 atom stereocenters. The van der Waals surface area contributed by atoms with Crippen molar-refractivity contribution in [3.63, 3.8) is 0 Å². The van der Waals surface area contributed by atoms with Crippen LogP contribution in [0, 0.1) is 0 Å². The van der Waals surface area contributed by atoms with Crippen molar-refractivity contribution in [3.8, 4) is 0 Å². The summed E-state index contributed by atoms with van der Waals surface area (Å²) in [6.07, 6.45) is 2.27. The molecule has 0 saturated heterocycles. The molecule has 3 nitrogen and oxygen atoms in total. The normalized spacial score (nSPS) is 15.9. The molecule has 0 bridgehead atoms. The number of hydrogen-bond acceptors (Lipinski definition) is 3. The van der Waals surface area contributed by atoms with E-state index in [9.17, 15) is 9.79 Å². The van der Waals surface area contributed by atoms with E-state index in [1.54, 1.807) is 0 Å². The van der Waals surface area contributed by atoms with Gasteiger partial charge in [0.25, 0.3) is 0 Å². The first-order valence-electron chi connectivity index (χ1n) is 4.04. The molecule has 0 aliphatic carbocycles. The van der Waals surface area contributed by atoms with Crippen molar-refractivity contribution >= 4 is 7.28 Å². The van der Waals surface area contributed by atoms with Crippen LogP contribution in [0.15, 0.2) is 0 Å². The van der Waals surface area contributed by atoms with Crippen LogP contribution in [-0.2, 0) is 4.52 Å². The fraction of sp³-hybridized carbons (Fsp3) is 1.00. The molecule has 0 amide bonds. The minimum absolute atomic E-state index is 0.385. The molecule has 0 rings (SSSR count). The van der Waals surface area contributed by atoms with Crippen LogP contribution in [0.25, 0.3) is 0 Å². The first kappa shape index (κ1) is 11.3. The summed E-state index contributed by atoms with van der Waals surface area (Å²) in [4.78, 5) is 19.5. The van der Waals surface area contributed by atoms with E-state index in [0.29, 0.717) is 12.3 Å². The van der Waals surface area contributed by atoms with Gasteiger partial charge in [-0.3, -0.25) is 0 Å². The van der Waals surface area contributed by atoms with Gasteiger partial charge in [0.1, 0.15) is 0 Å². The molecule has 4 heteroatoms. The topological polar surface area (TPSA) is 49.7 Å². The second-order valence-corrected chi connectivity index (χ2v) is 6.79. The third kappa shape index (κ3) is 3.48. The Kier molecular flexibility index (Phi) is 3.92. The Morgan fingerprint density at radius 1 is 1.09 bits per heavy atom. The SMILES string of the molecule is CCCP(O)(O)(CCC)OC. The van der Waals surface area contributed by atoms with Gasteiger partial charge in [-0.25, -0.2) is 0 Å². The molecule has 0 aromatic heterocycles. The van der Waals surface area contributed by atoms with Crippen LogP contribution in [-0.4, -0.2) is 29.2 Å². The standard InChI is InChI=1S/C7H19O3P/c1-4-6-11(8,9,10-3)7-5-2/h8-9H,4-7H2,1-3H3. The first-order valence-corrected chi connectivity index (χ1v) is 6.47. The zero-order valence-corrected chi connectivity index (χ0v) is 8.47. The van der Waals surface area contributed by atoms with Crippen molar-refractivity contribution in [2.24, 2.45) is 0 Å². The fourth-order valence-electron chi connectivity index (χ4n) is 1.19. The first-order chi connectivity index (χ1) is 4.96. The summed E-state index contributed by atoms with van der Waals surface area (Å²) in [5.74, 6) is 0. The monoisotopic (exact) mass is 182 g/mol. The van der Waals surface area contributed by atoms with Crippen LogP contribution in [0.3, 0.4) is 0 Å². The second kappa shape index (κ2) is 3.81. The number of hydrogen-bond donors (Lipinski definition) is 2. The van der Waals surface area contributed by atoms with Crippen molar-refractivity contribution in [1.82, 2.24) is 0 Å². The van der Waals surface area contributed by atoms with Crippen molar-refractivity contribution in [1.29, 1.82) is 0 Å². The molecule has 70 valence electrons. The summed E-state index contributed by atoms with van der Waals surface area (Å²) in [5.41, 5.74) is 0. The minimum atomic E-state index is -3.69. The van der Waals surface area contributed by atoms with Gasteiger partial charge < -0.3 is 0 Å². The molecule has 0 radical (unpaired) electrons. The zero-order chi connectivity index (χ0) is 8.98. The molecule has 0 heterocycles. The maximum absolute atomic E-state index is 9.75. The predicted molar refractivity (Wildman–Crippen MR) is 48.7 cm³/mol. The van der Waals surface area contributed by atoms with Crippen molar-refractivity contribution in [2.75, 3.05) is 19.4 Å². The Bertz CT molecular complexity index is 115. The molecule has 0 unspecified atom stereocenters. The van der Waals surface area contributed by atoms with Crippen LogP contribution in [0.1, 0.15) is 26.7 Å². The third-order valence-electron chi connectivity index (χ3n) is 1.77. The Morgan fingerprint density at radius 3 is 1.64 bits per heavy atom. The van der Waals surface area contributed by atoms with Crippen LogP contribution in [0.5, 0.6) is 0 Å². The summed E-state index contributed by atoms with van der Waals surface area (Å²) >= 11 is 0. The molecule has 0 spiro atoms. The predicted octanol–water partition coefficient (Wildman–Crippen LogP) is 1.74. The summed E-state index contributed by atoms with van der Waals surface area (Å²) in [7, 11) is -2.31. The molecule has 0 aliphatic heterocycles.